The molecule has 0 aliphatic rings. The first-order chi connectivity index (χ1) is 6.29. The minimum absolute atomic E-state index is 0.180. The molecule has 0 saturated carbocycles. The predicted octanol–water partition coefficient (Wildman–Crippen LogP) is -0.436. The number of aromatic amines is 1. The van der Waals surface area contributed by atoms with Crippen LogP contribution in [0.3, 0.4) is 0 Å². The van der Waals surface area contributed by atoms with E-state index in [2.05, 4.69) is 22.0 Å². The molecular formula is C8H9N5. The van der Waals surface area contributed by atoms with Gasteiger partial charge in [-0.05, 0) is 5.92 Å². The van der Waals surface area contributed by atoms with Crippen molar-refractivity contribution in [3.05, 3.63) is 11.3 Å². The van der Waals surface area contributed by atoms with Gasteiger partial charge < -0.3 is 11.5 Å². The first kappa shape index (κ1) is 9.11. The molecule has 5 nitrogen and oxygen atoms in total. The van der Waals surface area contributed by atoms with E-state index >= 15 is 0 Å². The van der Waals surface area contributed by atoms with E-state index in [0.717, 1.165) is 0 Å². The smallest absolute Gasteiger partial charge is 0.164 e. The predicted molar refractivity (Wildman–Crippen MR) is 48.3 cm³/mol. The first-order valence-corrected chi connectivity index (χ1v) is 3.72. The second kappa shape index (κ2) is 4.15. The summed E-state index contributed by atoms with van der Waals surface area (Å²) in [4.78, 5) is 0. The Kier molecular flexibility index (Phi) is 2.91. The zero-order chi connectivity index (χ0) is 9.68. The van der Waals surface area contributed by atoms with Crippen LogP contribution in [0.25, 0.3) is 0 Å². The van der Waals surface area contributed by atoms with Crippen molar-refractivity contribution < 1.29 is 0 Å². The molecule has 0 bridgehead atoms. The minimum Gasteiger partial charge on any atom is -0.381 e. The highest BCUT2D eigenvalue weighted by Gasteiger charge is 2.06. The van der Waals surface area contributed by atoms with Gasteiger partial charge in [-0.15, -0.1) is 0 Å². The molecule has 0 fully saturated rings. The molecule has 0 spiro atoms. The van der Waals surface area contributed by atoms with Crippen molar-refractivity contribution in [2.24, 2.45) is 5.73 Å². The van der Waals surface area contributed by atoms with E-state index in [1.165, 1.54) is 0 Å². The Labute approximate surface area is 75.7 Å². The zero-order valence-electron chi connectivity index (χ0n) is 6.96. The van der Waals surface area contributed by atoms with Gasteiger partial charge in [0.05, 0.1) is 0 Å². The third-order valence-electron chi connectivity index (χ3n) is 1.39. The molecule has 1 aromatic rings. The number of hydrogen-bond donors (Lipinski definition) is 3. The second-order valence-electron chi connectivity index (χ2n) is 2.31. The standard InChI is InChI=1S/C8H9N5/c9-4-2-1-3-7-6(5-10)8(11)13-12-7/h2,4,9H2,(H3,11,12,13). The lowest BCUT2D eigenvalue weighted by molar-refractivity contribution is 1.03. The summed E-state index contributed by atoms with van der Waals surface area (Å²) in [5.41, 5.74) is 11.4. The van der Waals surface area contributed by atoms with Crippen molar-refractivity contribution in [3.8, 4) is 17.9 Å². The topological polar surface area (TPSA) is 105 Å². The van der Waals surface area contributed by atoms with E-state index in [-0.39, 0.29) is 5.82 Å². The van der Waals surface area contributed by atoms with Gasteiger partial charge in [-0.25, -0.2) is 0 Å². The molecule has 0 aliphatic carbocycles. The molecule has 66 valence electrons. The largest absolute Gasteiger partial charge is 0.381 e. The van der Waals surface area contributed by atoms with E-state index in [0.29, 0.717) is 24.2 Å². The van der Waals surface area contributed by atoms with Crippen LogP contribution in [0, 0.1) is 23.2 Å². The summed E-state index contributed by atoms with van der Waals surface area (Å²) in [6.07, 6.45) is 0.587. The van der Waals surface area contributed by atoms with Gasteiger partial charge in [-0.1, -0.05) is 5.92 Å². The number of nitrogen functional groups attached to an aromatic ring is 1. The molecule has 1 aromatic heterocycles. The highest BCUT2D eigenvalue weighted by Crippen LogP contribution is 2.09. The number of hydrogen-bond acceptors (Lipinski definition) is 4. The Balaban J connectivity index is 2.92. The average Bonchev–Trinajstić information content (AvgIpc) is 2.47. The highest BCUT2D eigenvalue weighted by molar-refractivity contribution is 5.55. The maximum atomic E-state index is 8.66. The monoisotopic (exact) mass is 175 g/mol. The molecule has 13 heavy (non-hydrogen) atoms. The molecule has 1 rings (SSSR count). The van der Waals surface area contributed by atoms with E-state index in [1.807, 2.05) is 6.07 Å². The molecule has 5 N–H and O–H groups in total. The summed E-state index contributed by atoms with van der Waals surface area (Å²) in [6, 6.07) is 1.92. The number of nitrogens with zero attached hydrogens (tertiary/aromatic N) is 2. The Morgan fingerprint density at radius 1 is 1.54 bits per heavy atom. The maximum absolute atomic E-state index is 8.66. The van der Waals surface area contributed by atoms with Gasteiger partial charge >= 0.3 is 0 Å². The molecular weight excluding hydrogens is 166 g/mol. The quantitative estimate of drug-likeness (QED) is 0.503. The van der Waals surface area contributed by atoms with Gasteiger partial charge in [0.15, 0.2) is 5.82 Å². The van der Waals surface area contributed by atoms with Crippen molar-refractivity contribution in [2.75, 3.05) is 12.3 Å². The van der Waals surface area contributed by atoms with E-state index < -0.39 is 0 Å². The van der Waals surface area contributed by atoms with Crippen LogP contribution in [-0.2, 0) is 0 Å². The lowest BCUT2D eigenvalue weighted by Gasteiger charge is -1.83. The Morgan fingerprint density at radius 2 is 2.31 bits per heavy atom. The number of aromatic nitrogens is 2. The number of nitrogens with two attached hydrogens (primary N) is 2. The van der Waals surface area contributed by atoms with Crippen LogP contribution in [-0.4, -0.2) is 16.7 Å². The fourth-order valence-electron chi connectivity index (χ4n) is 0.783. The van der Waals surface area contributed by atoms with E-state index in [4.69, 9.17) is 16.7 Å². The van der Waals surface area contributed by atoms with Gasteiger partial charge in [-0.2, -0.15) is 10.4 Å². The van der Waals surface area contributed by atoms with Gasteiger partial charge in [0.25, 0.3) is 0 Å². The third kappa shape index (κ3) is 1.98. The maximum Gasteiger partial charge on any atom is 0.164 e. The number of nitriles is 1. The fourth-order valence-corrected chi connectivity index (χ4v) is 0.783. The molecule has 0 aromatic carbocycles. The summed E-state index contributed by atoms with van der Waals surface area (Å²) < 4.78 is 0. The lowest BCUT2D eigenvalue weighted by atomic mass is 10.2. The van der Waals surface area contributed by atoms with Crippen LogP contribution >= 0.6 is 0 Å². The van der Waals surface area contributed by atoms with E-state index in [9.17, 15) is 0 Å². The number of anilines is 1. The first-order valence-electron chi connectivity index (χ1n) is 3.72. The third-order valence-corrected chi connectivity index (χ3v) is 1.39. The molecule has 1 heterocycles. The lowest BCUT2D eigenvalue weighted by Crippen LogP contribution is -1.95. The Hall–Kier alpha value is -1.98. The summed E-state index contributed by atoms with van der Waals surface area (Å²) in [6.45, 7) is 0.499. The number of rotatable bonds is 1. The molecule has 0 atom stereocenters. The van der Waals surface area contributed by atoms with Crippen LogP contribution in [0.1, 0.15) is 17.7 Å². The Morgan fingerprint density at radius 3 is 2.92 bits per heavy atom. The zero-order valence-corrected chi connectivity index (χ0v) is 6.96. The molecule has 0 aliphatic heterocycles. The second-order valence-corrected chi connectivity index (χ2v) is 2.31. The molecule has 0 radical (unpaired) electrons. The van der Waals surface area contributed by atoms with Gasteiger partial charge in [-0.3, -0.25) is 5.10 Å². The SMILES string of the molecule is N#Cc1c(N)n[nH]c1C#CCCN. The van der Waals surface area contributed by atoms with Crippen molar-refractivity contribution in [1.29, 1.82) is 5.26 Å². The molecule has 0 saturated heterocycles. The number of nitrogens with one attached hydrogen (secondary N) is 1. The molecule has 0 amide bonds. The molecule has 5 heteroatoms. The van der Waals surface area contributed by atoms with Gasteiger partial charge in [0.1, 0.15) is 17.3 Å². The van der Waals surface area contributed by atoms with Gasteiger partial charge in [0, 0.05) is 13.0 Å². The van der Waals surface area contributed by atoms with Crippen molar-refractivity contribution in [3.63, 3.8) is 0 Å². The summed E-state index contributed by atoms with van der Waals surface area (Å²) >= 11 is 0. The van der Waals surface area contributed by atoms with Crippen molar-refractivity contribution in [2.45, 2.75) is 6.42 Å². The minimum atomic E-state index is 0.180. The highest BCUT2D eigenvalue weighted by atomic mass is 15.2. The van der Waals surface area contributed by atoms with Crippen molar-refractivity contribution >= 4 is 5.82 Å². The van der Waals surface area contributed by atoms with Crippen LogP contribution in [0.4, 0.5) is 5.82 Å². The van der Waals surface area contributed by atoms with Crippen LogP contribution in [0.2, 0.25) is 0 Å². The summed E-state index contributed by atoms with van der Waals surface area (Å²) in [5.74, 6) is 5.70. The summed E-state index contributed by atoms with van der Waals surface area (Å²) in [5, 5.41) is 14.9. The normalized spacial score (nSPS) is 8.62. The van der Waals surface area contributed by atoms with Gasteiger partial charge in [0.2, 0.25) is 0 Å². The molecule has 0 unspecified atom stereocenters. The fraction of sp³-hybridized carbons (Fsp3) is 0.250. The average molecular weight is 175 g/mol. The van der Waals surface area contributed by atoms with E-state index in [1.54, 1.807) is 0 Å². The van der Waals surface area contributed by atoms with Crippen molar-refractivity contribution in [1.82, 2.24) is 10.2 Å². The van der Waals surface area contributed by atoms with Crippen LogP contribution in [0.15, 0.2) is 0 Å². The summed E-state index contributed by atoms with van der Waals surface area (Å²) in [7, 11) is 0. The van der Waals surface area contributed by atoms with Crippen LogP contribution < -0.4 is 11.5 Å². The Bertz CT molecular complexity index is 387. The number of H-pyrrole nitrogens is 1. The van der Waals surface area contributed by atoms with Crippen LogP contribution in [0.5, 0.6) is 0 Å².